The summed E-state index contributed by atoms with van der Waals surface area (Å²) in [6, 6.07) is 18.2. The summed E-state index contributed by atoms with van der Waals surface area (Å²) in [7, 11) is 1.63. The molecule has 9 heteroatoms. The highest BCUT2D eigenvalue weighted by Crippen LogP contribution is 2.26. The van der Waals surface area contributed by atoms with Gasteiger partial charge in [-0.25, -0.2) is 0 Å². The van der Waals surface area contributed by atoms with Gasteiger partial charge in [0, 0.05) is 12.6 Å². The van der Waals surface area contributed by atoms with E-state index in [9.17, 15) is 9.59 Å². The average Bonchev–Trinajstić information content (AvgIpc) is 3.53. The van der Waals surface area contributed by atoms with Crippen molar-refractivity contribution in [3.63, 3.8) is 0 Å². The molecule has 2 amide bonds. The first-order valence-electron chi connectivity index (χ1n) is 10.2. The molecule has 0 saturated carbocycles. The van der Waals surface area contributed by atoms with Gasteiger partial charge in [0.05, 0.1) is 29.8 Å². The van der Waals surface area contributed by atoms with Crippen LogP contribution in [0, 0.1) is 6.92 Å². The van der Waals surface area contributed by atoms with Crippen molar-refractivity contribution in [3.05, 3.63) is 83.8 Å². The number of aromatic nitrogens is 2. The third kappa shape index (κ3) is 5.32. The van der Waals surface area contributed by atoms with Crippen molar-refractivity contribution >= 4 is 29.3 Å². The van der Waals surface area contributed by atoms with Gasteiger partial charge in [-0.1, -0.05) is 42.1 Å². The van der Waals surface area contributed by atoms with Crippen molar-refractivity contribution in [2.45, 2.75) is 18.7 Å². The standard InChI is InChI=1S/C24H22N4O4S/c1-16-8-3-4-10-18(16)23-26-27-24(32-23)33-15-21(29)28(2)20-12-6-5-11-19(20)22(30)25-14-17-9-7-13-31-17/h3-13H,14-15H2,1-2H3,(H,25,30). The average molecular weight is 463 g/mol. The number of benzene rings is 2. The van der Waals surface area contributed by atoms with Crippen LogP contribution in [0.5, 0.6) is 0 Å². The molecule has 0 atom stereocenters. The number of anilines is 1. The molecule has 4 rings (SSSR count). The van der Waals surface area contributed by atoms with E-state index in [0.717, 1.165) is 22.9 Å². The summed E-state index contributed by atoms with van der Waals surface area (Å²) in [5.74, 6) is 0.631. The van der Waals surface area contributed by atoms with Crippen LogP contribution < -0.4 is 10.2 Å². The first-order chi connectivity index (χ1) is 16.0. The fraction of sp³-hybridized carbons (Fsp3) is 0.167. The number of furan rings is 1. The molecule has 0 spiro atoms. The smallest absolute Gasteiger partial charge is 0.277 e. The number of carbonyl (C=O) groups is 2. The van der Waals surface area contributed by atoms with Gasteiger partial charge in [0.1, 0.15) is 5.76 Å². The summed E-state index contributed by atoms with van der Waals surface area (Å²) in [6.45, 7) is 2.22. The summed E-state index contributed by atoms with van der Waals surface area (Å²) < 4.78 is 11.0. The molecule has 2 aromatic heterocycles. The lowest BCUT2D eigenvalue weighted by Gasteiger charge is -2.20. The highest BCUT2D eigenvalue weighted by molar-refractivity contribution is 7.99. The molecule has 0 unspecified atom stereocenters. The van der Waals surface area contributed by atoms with E-state index in [4.69, 9.17) is 8.83 Å². The van der Waals surface area contributed by atoms with Gasteiger partial charge in [0.25, 0.3) is 11.1 Å². The maximum absolute atomic E-state index is 12.8. The number of rotatable bonds is 8. The quantitative estimate of drug-likeness (QED) is 0.389. The number of amides is 2. The zero-order chi connectivity index (χ0) is 23.2. The van der Waals surface area contributed by atoms with Crippen LogP contribution in [0.2, 0.25) is 0 Å². The summed E-state index contributed by atoms with van der Waals surface area (Å²) in [5.41, 5.74) is 2.78. The molecule has 0 aliphatic rings. The van der Waals surface area contributed by atoms with E-state index in [-0.39, 0.29) is 24.1 Å². The molecule has 0 fully saturated rings. The minimum atomic E-state index is -0.297. The van der Waals surface area contributed by atoms with Crippen LogP contribution in [-0.4, -0.2) is 34.8 Å². The normalized spacial score (nSPS) is 10.7. The van der Waals surface area contributed by atoms with Gasteiger partial charge in [-0.05, 0) is 42.8 Å². The van der Waals surface area contributed by atoms with Crippen molar-refractivity contribution in [3.8, 4) is 11.5 Å². The first-order valence-corrected chi connectivity index (χ1v) is 11.2. The molecule has 4 aromatic rings. The molecule has 0 aliphatic heterocycles. The van der Waals surface area contributed by atoms with Crippen LogP contribution in [0.3, 0.4) is 0 Å². The van der Waals surface area contributed by atoms with E-state index in [2.05, 4.69) is 15.5 Å². The van der Waals surface area contributed by atoms with E-state index < -0.39 is 0 Å². The van der Waals surface area contributed by atoms with Crippen molar-refractivity contribution < 1.29 is 18.4 Å². The van der Waals surface area contributed by atoms with Crippen LogP contribution in [-0.2, 0) is 11.3 Å². The first kappa shape index (κ1) is 22.3. The summed E-state index contributed by atoms with van der Waals surface area (Å²) >= 11 is 1.15. The van der Waals surface area contributed by atoms with Gasteiger partial charge >= 0.3 is 0 Å². The summed E-state index contributed by atoms with van der Waals surface area (Å²) in [5, 5.41) is 11.2. The Balaban J connectivity index is 1.40. The van der Waals surface area contributed by atoms with Gasteiger partial charge < -0.3 is 19.1 Å². The second kappa shape index (κ2) is 10.2. The summed E-state index contributed by atoms with van der Waals surface area (Å²) in [6.07, 6.45) is 1.55. The second-order valence-corrected chi connectivity index (χ2v) is 8.14. The third-order valence-electron chi connectivity index (χ3n) is 4.99. The lowest BCUT2D eigenvalue weighted by Crippen LogP contribution is -2.31. The van der Waals surface area contributed by atoms with Crippen LogP contribution in [0.4, 0.5) is 5.69 Å². The molecule has 0 radical (unpaired) electrons. The molecule has 0 aliphatic carbocycles. The van der Waals surface area contributed by atoms with E-state index >= 15 is 0 Å². The van der Waals surface area contributed by atoms with E-state index in [1.54, 1.807) is 49.7 Å². The number of hydrogen-bond acceptors (Lipinski definition) is 7. The molecule has 0 bridgehead atoms. The monoisotopic (exact) mass is 462 g/mol. The predicted octanol–water partition coefficient (Wildman–Crippen LogP) is 4.32. The van der Waals surface area contributed by atoms with Gasteiger partial charge in [0.15, 0.2) is 0 Å². The highest BCUT2D eigenvalue weighted by atomic mass is 32.2. The molecule has 8 nitrogen and oxygen atoms in total. The van der Waals surface area contributed by atoms with Crippen molar-refractivity contribution in [1.29, 1.82) is 0 Å². The number of para-hydroxylation sites is 1. The van der Waals surface area contributed by atoms with E-state index in [1.807, 2.05) is 31.2 Å². The number of aryl methyl sites for hydroxylation is 1. The Labute approximate surface area is 195 Å². The Bertz CT molecular complexity index is 1250. The minimum Gasteiger partial charge on any atom is -0.467 e. The number of carbonyl (C=O) groups excluding carboxylic acids is 2. The fourth-order valence-electron chi connectivity index (χ4n) is 3.18. The van der Waals surface area contributed by atoms with Crippen LogP contribution in [0.1, 0.15) is 21.7 Å². The summed E-state index contributed by atoms with van der Waals surface area (Å²) in [4.78, 5) is 27.0. The minimum absolute atomic E-state index is 0.0776. The number of hydrogen-bond donors (Lipinski definition) is 1. The van der Waals surface area contributed by atoms with E-state index in [1.165, 1.54) is 4.90 Å². The van der Waals surface area contributed by atoms with Crippen LogP contribution >= 0.6 is 11.8 Å². The SMILES string of the molecule is Cc1ccccc1-c1nnc(SCC(=O)N(C)c2ccccc2C(=O)NCc2ccco2)o1. The Hall–Kier alpha value is -3.85. The van der Waals surface area contributed by atoms with Crippen LogP contribution in [0.25, 0.3) is 11.5 Å². The largest absolute Gasteiger partial charge is 0.467 e. The highest BCUT2D eigenvalue weighted by Gasteiger charge is 2.20. The third-order valence-corrected chi connectivity index (χ3v) is 5.79. The Kier molecular flexibility index (Phi) is 6.89. The Morgan fingerprint density at radius 2 is 1.82 bits per heavy atom. The number of nitrogens with zero attached hydrogens (tertiary/aromatic N) is 3. The Morgan fingerprint density at radius 3 is 2.61 bits per heavy atom. The van der Waals surface area contributed by atoms with Crippen molar-refractivity contribution in [2.75, 3.05) is 17.7 Å². The maximum atomic E-state index is 12.8. The molecule has 2 heterocycles. The maximum Gasteiger partial charge on any atom is 0.277 e. The molecular weight excluding hydrogens is 440 g/mol. The molecular formula is C24H22N4O4S. The molecule has 2 aromatic carbocycles. The topological polar surface area (TPSA) is 101 Å². The zero-order valence-electron chi connectivity index (χ0n) is 18.1. The molecule has 1 N–H and O–H groups in total. The van der Waals surface area contributed by atoms with Crippen molar-refractivity contribution in [2.24, 2.45) is 0 Å². The van der Waals surface area contributed by atoms with Crippen LogP contribution in [0.15, 0.2) is 81.0 Å². The number of nitrogens with one attached hydrogen (secondary N) is 1. The fourth-order valence-corrected chi connectivity index (χ4v) is 3.86. The van der Waals surface area contributed by atoms with Gasteiger partial charge in [-0.3, -0.25) is 9.59 Å². The molecule has 0 saturated heterocycles. The lowest BCUT2D eigenvalue weighted by atomic mass is 10.1. The lowest BCUT2D eigenvalue weighted by molar-refractivity contribution is -0.115. The van der Waals surface area contributed by atoms with Gasteiger partial charge in [-0.2, -0.15) is 0 Å². The molecule has 168 valence electrons. The van der Waals surface area contributed by atoms with Gasteiger partial charge in [-0.15, -0.1) is 10.2 Å². The molecule has 33 heavy (non-hydrogen) atoms. The second-order valence-electron chi connectivity index (χ2n) is 7.21. The number of thioether (sulfide) groups is 1. The van der Waals surface area contributed by atoms with E-state index in [0.29, 0.717) is 28.1 Å². The van der Waals surface area contributed by atoms with Gasteiger partial charge in [0.2, 0.25) is 11.8 Å². The zero-order valence-corrected chi connectivity index (χ0v) is 19.0. The predicted molar refractivity (Wildman–Crippen MR) is 125 cm³/mol. The Morgan fingerprint density at radius 1 is 1.03 bits per heavy atom. The van der Waals surface area contributed by atoms with Crippen molar-refractivity contribution in [1.82, 2.24) is 15.5 Å².